The topological polar surface area (TPSA) is 41.6 Å². The smallest absolute Gasteiger partial charge is 0.410 e. The minimum absolute atomic E-state index is 0.186. The van der Waals surface area contributed by atoms with E-state index in [-0.39, 0.29) is 6.09 Å². The quantitative estimate of drug-likeness (QED) is 0.900. The highest BCUT2D eigenvalue weighted by Gasteiger charge is 2.27. The van der Waals surface area contributed by atoms with Gasteiger partial charge in [0.05, 0.1) is 0 Å². The van der Waals surface area contributed by atoms with Crippen LogP contribution in [0.3, 0.4) is 0 Å². The highest BCUT2D eigenvalue weighted by molar-refractivity contribution is 5.68. The van der Waals surface area contributed by atoms with E-state index in [0.29, 0.717) is 5.92 Å². The van der Waals surface area contributed by atoms with Crippen molar-refractivity contribution in [3.05, 3.63) is 29.3 Å². The van der Waals surface area contributed by atoms with Gasteiger partial charge in [0, 0.05) is 25.3 Å². The summed E-state index contributed by atoms with van der Waals surface area (Å²) in [5.41, 5.74) is 3.33. The van der Waals surface area contributed by atoms with Crippen molar-refractivity contribution in [2.24, 2.45) is 5.92 Å². The predicted octanol–water partition coefficient (Wildman–Crippen LogP) is 4.36. The molecular formula is C19H30N2O2. The number of carbonyl (C=O) groups is 1. The van der Waals surface area contributed by atoms with Crippen LogP contribution in [0.25, 0.3) is 0 Å². The zero-order valence-corrected chi connectivity index (χ0v) is 15.1. The lowest BCUT2D eigenvalue weighted by atomic mass is 9.97. The minimum atomic E-state index is -0.430. The van der Waals surface area contributed by atoms with Gasteiger partial charge in [-0.2, -0.15) is 0 Å². The van der Waals surface area contributed by atoms with Crippen LogP contribution >= 0.6 is 0 Å². The Hall–Kier alpha value is -1.71. The molecule has 0 spiro atoms. The molecule has 4 nitrogen and oxygen atoms in total. The Morgan fingerprint density at radius 3 is 2.57 bits per heavy atom. The van der Waals surface area contributed by atoms with E-state index in [2.05, 4.69) is 37.4 Å². The third-order valence-electron chi connectivity index (χ3n) is 4.22. The Morgan fingerprint density at radius 2 is 1.96 bits per heavy atom. The van der Waals surface area contributed by atoms with Gasteiger partial charge in [0.15, 0.2) is 0 Å². The van der Waals surface area contributed by atoms with Crippen LogP contribution in [-0.4, -0.2) is 36.2 Å². The number of hydrogen-bond acceptors (Lipinski definition) is 3. The first-order valence-electron chi connectivity index (χ1n) is 8.54. The van der Waals surface area contributed by atoms with Crippen LogP contribution in [0.5, 0.6) is 0 Å². The van der Waals surface area contributed by atoms with Gasteiger partial charge in [-0.3, -0.25) is 0 Å². The van der Waals surface area contributed by atoms with Crippen molar-refractivity contribution in [1.29, 1.82) is 0 Å². The Morgan fingerprint density at radius 1 is 1.30 bits per heavy atom. The summed E-state index contributed by atoms with van der Waals surface area (Å²) < 4.78 is 5.49. The average Bonchev–Trinajstić information content (AvgIpc) is 2.45. The maximum absolute atomic E-state index is 12.2. The van der Waals surface area contributed by atoms with Crippen LogP contribution in [0.2, 0.25) is 0 Å². The molecule has 128 valence electrons. The zero-order valence-electron chi connectivity index (χ0n) is 15.1. The molecule has 23 heavy (non-hydrogen) atoms. The number of carbonyl (C=O) groups excluding carboxylic acids is 1. The molecule has 1 aromatic rings. The first kappa shape index (κ1) is 17.6. The first-order valence-corrected chi connectivity index (χ1v) is 8.54. The van der Waals surface area contributed by atoms with E-state index in [4.69, 9.17) is 4.74 Å². The monoisotopic (exact) mass is 318 g/mol. The van der Waals surface area contributed by atoms with Crippen molar-refractivity contribution in [3.8, 4) is 0 Å². The number of anilines is 1. The number of nitrogens with one attached hydrogen (secondary N) is 1. The standard InChI is InChI=1S/C19H30N2O2/c1-14-8-6-9-15(2)17(14)20-12-16-10-7-11-21(13-16)18(22)23-19(3,4)5/h6,8-9,16,20H,7,10-13H2,1-5H3. The van der Waals surface area contributed by atoms with Gasteiger partial charge in [-0.15, -0.1) is 0 Å². The summed E-state index contributed by atoms with van der Waals surface area (Å²) in [6.45, 7) is 12.5. The van der Waals surface area contributed by atoms with Gasteiger partial charge >= 0.3 is 6.09 Å². The Balaban J connectivity index is 1.90. The van der Waals surface area contributed by atoms with Crippen molar-refractivity contribution >= 4 is 11.8 Å². The van der Waals surface area contributed by atoms with Crippen molar-refractivity contribution in [2.75, 3.05) is 25.0 Å². The van der Waals surface area contributed by atoms with Crippen LogP contribution in [0, 0.1) is 19.8 Å². The van der Waals surface area contributed by atoms with Gasteiger partial charge in [0.25, 0.3) is 0 Å². The molecule has 1 heterocycles. The molecule has 0 aliphatic carbocycles. The van der Waals surface area contributed by atoms with E-state index in [1.807, 2.05) is 25.7 Å². The molecule has 0 saturated carbocycles. The molecule has 1 fully saturated rings. The van der Waals surface area contributed by atoms with Crippen molar-refractivity contribution in [1.82, 2.24) is 4.90 Å². The minimum Gasteiger partial charge on any atom is -0.444 e. The Bertz CT molecular complexity index is 529. The second-order valence-electron chi connectivity index (χ2n) is 7.58. The number of piperidine rings is 1. The lowest BCUT2D eigenvalue weighted by Crippen LogP contribution is -2.44. The number of para-hydroxylation sites is 1. The maximum Gasteiger partial charge on any atom is 0.410 e. The lowest BCUT2D eigenvalue weighted by Gasteiger charge is -2.34. The molecule has 2 rings (SSSR count). The van der Waals surface area contributed by atoms with E-state index in [9.17, 15) is 4.79 Å². The summed E-state index contributed by atoms with van der Waals surface area (Å²) in [5.74, 6) is 0.468. The summed E-state index contributed by atoms with van der Waals surface area (Å²) >= 11 is 0. The van der Waals surface area contributed by atoms with Gasteiger partial charge in [0.2, 0.25) is 0 Å². The molecule has 1 unspecified atom stereocenters. The highest BCUT2D eigenvalue weighted by Crippen LogP contribution is 2.23. The van der Waals surface area contributed by atoms with E-state index in [0.717, 1.165) is 32.5 Å². The van der Waals surface area contributed by atoms with E-state index >= 15 is 0 Å². The van der Waals surface area contributed by atoms with Gasteiger partial charge in [-0.05, 0) is 64.5 Å². The molecule has 0 radical (unpaired) electrons. The first-order chi connectivity index (χ1) is 10.8. The molecular weight excluding hydrogens is 288 g/mol. The molecule has 1 aromatic carbocycles. The van der Waals surface area contributed by atoms with Crippen LogP contribution in [-0.2, 0) is 4.74 Å². The zero-order chi connectivity index (χ0) is 17.0. The van der Waals surface area contributed by atoms with Crippen molar-refractivity contribution < 1.29 is 9.53 Å². The third kappa shape index (κ3) is 5.15. The number of hydrogen-bond donors (Lipinski definition) is 1. The second kappa shape index (κ2) is 7.24. The molecule has 1 atom stereocenters. The number of ether oxygens (including phenoxy) is 1. The van der Waals surface area contributed by atoms with Crippen LogP contribution < -0.4 is 5.32 Å². The Labute approximate surface area is 140 Å². The molecule has 4 heteroatoms. The van der Waals surface area contributed by atoms with Crippen molar-refractivity contribution in [2.45, 2.75) is 53.1 Å². The number of likely N-dealkylation sites (tertiary alicyclic amines) is 1. The number of amides is 1. The fraction of sp³-hybridized carbons (Fsp3) is 0.632. The fourth-order valence-electron chi connectivity index (χ4n) is 3.06. The maximum atomic E-state index is 12.2. The summed E-state index contributed by atoms with van der Waals surface area (Å²) in [6.07, 6.45) is 2.00. The lowest BCUT2D eigenvalue weighted by molar-refractivity contribution is 0.0172. The molecule has 1 N–H and O–H groups in total. The molecule has 1 saturated heterocycles. The number of benzene rings is 1. The largest absolute Gasteiger partial charge is 0.444 e. The Kier molecular flexibility index (Phi) is 5.55. The normalized spacial score (nSPS) is 18.7. The third-order valence-corrected chi connectivity index (χ3v) is 4.22. The molecule has 1 aliphatic heterocycles. The summed E-state index contributed by atoms with van der Waals surface area (Å²) in [7, 11) is 0. The number of rotatable bonds is 3. The second-order valence-corrected chi connectivity index (χ2v) is 7.58. The van der Waals surface area contributed by atoms with Crippen LogP contribution in [0.1, 0.15) is 44.7 Å². The van der Waals surface area contributed by atoms with Crippen LogP contribution in [0.15, 0.2) is 18.2 Å². The van der Waals surface area contributed by atoms with Gasteiger partial charge in [-0.1, -0.05) is 18.2 Å². The summed E-state index contributed by atoms with van der Waals surface area (Å²) in [6, 6.07) is 6.34. The highest BCUT2D eigenvalue weighted by atomic mass is 16.6. The van der Waals surface area contributed by atoms with E-state index in [1.165, 1.54) is 16.8 Å². The number of aryl methyl sites for hydroxylation is 2. The molecule has 1 amide bonds. The SMILES string of the molecule is Cc1cccc(C)c1NCC1CCCN(C(=O)OC(C)(C)C)C1. The van der Waals surface area contributed by atoms with Crippen molar-refractivity contribution in [3.63, 3.8) is 0 Å². The van der Waals surface area contributed by atoms with E-state index < -0.39 is 5.60 Å². The van der Waals surface area contributed by atoms with Gasteiger partial charge in [0.1, 0.15) is 5.60 Å². The number of nitrogens with zero attached hydrogens (tertiary/aromatic N) is 1. The molecule has 0 bridgehead atoms. The van der Waals surface area contributed by atoms with Crippen LogP contribution in [0.4, 0.5) is 10.5 Å². The fourth-order valence-corrected chi connectivity index (χ4v) is 3.06. The van der Waals surface area contributed by atoms with E-state index in [1.54, 1.807) is 0 Å². The summed E-state index contributed by atoms with van der Waals surface area (Å²) in [4.78, 5) is 14.1. The predicted molar refractivity (Wildman–Crippen MR) is 94.9 cm³/mol. The molecule has 0 aromatic heterocycles. The summed E-state index contributed by atoms with van der Waals surface area (Å²) in [5, 5.41) is 3.58. The van der Waals surface area contributed by atoms with Gasteiger partial charge < -0.3 is 15.0 Å². The van der Waals surface area contributed by atoms with Gasteiger partial charge in [-0.25, -0.2) is 4.79 Å². The average molecular weight is 318 g/mol. The molecule has 1 aliphatic rings.